The van der Waals surface area contributed by atoms with Gasteiger partial charge in [-0.05, 0) is 112 Å². The molecule has 1 aromatic carbocycles. The third kappa shape index (κ3) is 12.9. The number of carbonyl (C=O) groups excluding carboxylic acids is 3. The lowest BCUT2D eigenvalue weighted by atomic mass is 9.80. The molecular weight excluding hydrogens is 1000 g/mol. The first-order valence-electron chi connectivity index (χ1n) is 26.4. The number of benzene rings is 1. The fourth-order valence-electron chi connectivity index (χ4n) is 10.7. The Labute approximate surface area is 447 Å². The van der Waals surface area contributed by atoms with Crippen molar-refractivity contribution in [2.75, 3.05) is 56.0 Å². The zero-order chi connectivity index (χ0) is 52.4. The van der Waals surface area contributed by atoms with Crippen molar-refractivity contribution < 1.29 is 28.6 Å². The molecule has 74 heavy (non-hydrogen) atoms. The van der Waals surface area contributed by atoms with Crippen LogP contribution in [0.15, 0.2) is 58.3 Å². The van der Waals surface area contributed by atoms with Crippen LogP contribution in [0.3, 0.4) is 0 Å². The Morgan fingerprint density at radius 2 is 1.74 bits per heavy atom. The summed E-state index contributed by atoms with van der Waals surface area (Å²) in [5.74, 6) is 1.11. The number of thiazole rings is 1. The number of pyridine rings is 1. The van der Waals surface area contributed by atoms with Crippen molar-refractivity contribution in [1.82, 2.24) is 40.4 Å². The van der Waals surface area contributed by atoms with Crippen molar-refractivity contribution in [3.05, 3.63) is 64.6 Å². The van der Waals surface area contributed by atoms with Gasteiger partial charge in [-0.25, -0.2) is 24.3 Å². The molecule has 2 saturated carbocycles. The fourth-order valence-corrected chi connectivity index (χ4v) is 12.5. The molecule has 3 aliphatic heterocycles. The van der Waals surface area contributed by atoms with Crippen LogP contribution in [-0.4, -0.2) is 134 Å². The number of nitrogens with one attached hydrogen (secondary N) is 3. The van der Waals surface area contributed by atoms with Gasteiger partial charge in [-0.15, -0.1) is 11.3 Å². The number of rotatable bonds is 17. The number of aliphatic hydroxyl groups excluding tert-OH is 1. The van der Waals surface area contributed by atoms with E-state index in [1.165, 1.54) is 16.7 Å². The summed E-state index contributed by atoms with van der Waals surface area (Å²) in [7, 11) is 0. The molecule has 9 rings (SSSR count). The predicted octanol–water partition coefficient (Wildman–Crippen LogP) is 7.80. The Hall–Kier alpha value is -4.66. The smallest absolute Gasteiger partial charge is 0.258 e. The van der Waals surface area contributed by atoms with Crippen molar-refractivity contribution in [2.45, 2.75) is 158 Å². The van der Waals surface area contributed by atoms with Crippen LogP contribution in [-0.2, 0) is 20.9 Å². The second-order valence-electron chi connectivity index (χ2n) is 22.7. The van der Waals surface area contributed by atoms with Gasteiger partial charge in [0.05, 0.1) is 39.6 Å². The number of aryl methyl sites for hydroxylation is 1. The lowest BCUT2D eigenvalue weighted by Gasteiger charge is -2.39. The van der Waals surface area contributed by atoms with Crippen LogP contribution in [0.25, 0.3) is 10.4 Å². The van der Waals surface area contributed by atoms with Crippen molar-refractivity contribution in [1.29, 1.82) is 0 Å². The van der Waals surface area contributed by atoms with Gasteiger partial charge in [0.25, 0.3) is 5.91 Å². The third-order valence-electron chi connectivity index (χ3n) is 15.9. The van der Waals surface area contributed by atoms with E-state index in [1.54, 1.807) is 38.3 Å². The van der Waals surface area contributed by atoms with E-state index in [4.69, 9.17) is 32.0 Å². The van der Waals surface area contributed by atoms with E-state index in [-0.39, 0.29) is 49.9 Å². The Morgan fingerprint density at radius 1 is 1.00 bits per heavy atom. The molecule has 20 heteroatoms. The number of β-amino-alcohol motifs (C(OH)–C–C–N with tert-alkyl or cyclic N) is 1. The first kappa shape index (κ1) is 54.1. The molecule has 0 unspecified atom stereocenters. The van der Waals surface area contributed by atoms with E-state index < -0.39 is 47.0 Å². The van der Waals surface area contributed by atoms with Crippen LogP contribution >= 0.6 is 34.7 Å². The van der Waals surface area contributed by atoms with Gasteiger partial charge < -0.3 is 46.2 Å². The monoisotopic (exact) mass is 1070 g/mol. The lowest BCUT2D eigenvalue weighted by molar-refractivity contribution is -0.145. The number of carbonyl (C=O) groups is 3. The first-order valence-corrected chi connectivity index (χ1v) is 28.5. The molecule has 2 aliphatic carbocycles. The Balaban J connectivity index is 0.756. The zero-order valence-electron chi connectivity index (χ0n) is 43.4. The highest BCUT2D eigenvalue weighted by Crippen LogP contribution is 2.42. The highest BCUT2D eigenvalue weighted by molar-refractivity contribution is 7.99. The van der Waals surface area contributed by atoms with Gasteiger partial charge >= 0.3 is 0 Å². The van der Waals surface area contributed by atoms with Crippen LogP contribution in [0.1, 0.15) is 110 Å². The summed E-state index contributed by atoms with van der Waals surface area (Å²) in [6.45, 7) is 15.1. The number of halogens is 2. The average Bonchev–Trinajstić information content (AvgIpc) is 3.79. The summed E-state index contributed by atoms with van der Waals surface area (Å²) in [5.41, 5.74) is 7.99. The minimum absolute atomic E-state index is 0.0221. The van der Waals surface area contributed by atoms with Crippen LogP contribution in [0, 0.1) is 23.7 Å². The molecule has 5 fully saturated rings. The van der Waals surface area contributed by atoms with Crippen molar-refractivity contribution in [2.24, 2.45) is 22.5 Å². The van der Waals surface area contributed by atoms with Crippen molar-refractivity contribution in [3.63, 3.8) is 0 Å². The van der Waals surface area contributed by atoms with Crippen LogP contribution in [0.2, 0.25) is 5.02 Å². The number of ether oxygens (including phenoxy) is 1. The number of anilines is 2. The SMILES string of the molecule is Cc1ncsc1-c1ccc(CNC(=O)[C@@H]2C[C@@H](O)CN2C(=O)[C@@H](NC(=O)C2(F)CC2)C(C)(C)C)c(OC2CCN(CC3CCC(Nc4nccc(Sc5cnc(N6CCC(C)(CN)CC6)cn5)c4Cl)CC3)CC2)c1. The topological polar surface area (TPSA) is 204 Å². The van der Waals surface area contributed by atoms with E-state index >= 15 is 0 Å². The summed E-state index contributed by atoms with van der Waals surface area (Å²) in [6.07, 6.45) is 12.9. The highest BCUT2D eigenvalue weighted by atomic mass is 35.5. The summed E-state index contributed by atoms with van der Waals surface area (Å²) >= 11 is 10.0. The van der Waals surface area contributed by atoms with Gasteiger partial charge in [0.2, 0.25) is 11.8 Å². The van der Waals surface area contributed by atoms with Crippen LogP contribution in [0.4, 0.5) is 16.0 Å². The number of hydrogen-bond acceptors (Lipinski definition) is 15. The lowest BCUT2D eigenvalue weighted by Crippen LogP contribution is -2.59. The number of aromatic nitrogens is 4. The number of nitrogens with two attached hydrogens (primary N) is 1. The molecule has 3 aromatic heterocycles. The minimum atomic E-state index is -1.96. The molecule has 0 bridgehead atoms. The van der Waals surface area contributed by atoms with Gasteiger partial charge in [0.15, 0.2) is 5.67 Å². The Bertz CT molecular complexity index is 2610. The molecule has 3 atom stereocenters. The fraction of sp³-hybridized carbons (Fsp3) is 0.611. The zero-order valence-corrected chi connectivity index (χ0v) is 45.8. The van der Waals surface area contributed by atoms with E-state index in [9.17, 15) is 23.9 Å². The Kier molecular flexibility index (Phi) is 16.8. The average molecular weight is 1070 g/mol. The number of amides is 3. The third-order valence-corrected chi connectivity index (χ3v) is 18.3. The van der Waals surface area contributed by atoms with Crippen LogP contribution in [0.5, 0.6) is 5.75 Å². The number of piperidine rings is 2. The molecule has 3 amide bonds. The quantitative estimate of drug-likeness (QED) is 0.0685. The van der Waals surface area contributed by atoms with Crippen LogP contribution < -0.4 is 31.3 Å². The minimum Gasteiger partial charge on any atom is -0.490 e. The summed E-state index contributed by atoms with van der Waals surface area (Å²) in [5, 5.41) is 21.4. The van der Waals surface area contributed by atoms with Crippen molar-refractivity contribution in [3.8, 4) is 16.2 Å². The molecule has 3 saturated heterocycles. The number of alkyl halides is 1. The maximum atomic E-state index is 14.7. The molecule has 4 aromatic rings. The van der Waals surface area contributed by atoms with Gasteiger partial charge in [-0.3, -0.25) is 14.4 Å². The maximum Gasteiger partial charge on any atom is 0.258 e. The molecule has 400 valence electrons. The molecule has 6 N–H and O–H groups in total. The molecule has 5 aliphatic rings. The predicted molar refractivity (Wildman–Crippen MR) is 288 cm³/mol. The second kappa shape index (κ2) is 22.9. The maximum absolute atomic E-state index is 14.7. The summed E-state index contributed by atoms with van der Waals surface area (Å²) < 4.78 is 21.5. The van der Waals surface area contributed by atoms with Crippen molar-refractivity contribution >= 4 is 64.1 Å². The molecule has 16 nitrogen and oxygen atoms in total. The largest absolute Gasteiger partial charge is 0.490 e. The van der Waals surface area contributed by atoms with Gasteiger partial charge in [-0.1, -0.05) is 63.2 Å². The number of hydrogen-bond donors (Lipinski definition) is 5. The number of nitrogens with zero attached hydrogens (tertiary/aromatic N) is 7. The number of aliphatic hydroxyl groups is 1. The van der Waals surface area contributed by atoms with E-state index in [1.807, 2.05) is 49.1 Å². The van der Waals surface area contributed by atoms with Gasteiger partial charge in [0, 0.05) is 74.9 Å². The molecule has 0 radical (unpaired) electrons. The van der Waals surface area contributed by atoms with E-state index in [0.29, 0.717) is 29.1 Å². The second-order valence-corrected chi connectivity index (χ2v) is 25.0. The van der Waals surface area contributed by atoms with E-state index in [2.05, 4.69) is 42.6 Å². The summed E-state index contributed by atoms with van der Waals surface area (Å²) in [6, 6.07) is 6.17. The standard InChI is InChI=1S/C54H73ClFN11O5S2/c1-33-46(73-32-62-33)35-8-9-36(26-61-49(69)40-25-38(68)30-67(40)50(70)47(52(2,3)4)64-51(71)54(56)15-16-54)41(24-35)72-39-13-20-65(21-14-39)29-34-6-10-37(11-7-34)63-48-45(55)42(12-19-58-48)74-44-28-59-43(27-60-44)66-22-17-53(5,31-57)18-23-66/h8-9,12,19,24,27-28,32,34,37-40,47,68H,6-7,10-11,13-18,20-23,25-26,29-31,57H2,1-5H3,(H,58,63)(H,61,69)(H,64,71)/t34?,37?,38-,40+,47-/m1/s1. The van der Waals surface area contributed by atoms with Gasteiger partial charge in [0.1, 0.15) is 40.6 Å². The Morgan fingerprint density at radius 3 is 2.39 bits per heavy atom. The van der Waals surface area contributed by atoms with E-state index in [0.717, 1.165) is 122 Å². The molecule has 0 spiro atoms. The molecule has 6 heterocycles. The summed E-state index contributed by atoms with van der Waals surface area (Å²) in [4.78, 5) is 67.4. The highest BCUT2D eigenvalue weighted by Gasteiger charge is 2.53. The normalized spacial score (nSPS) is 23.5. The van der Waals surface area contributed by atoms with Gasteiger partial charge in [-0.2, -0.15) is 0 Å². The molecular formula is C54H73ClFN11O5S2. The first-order chi connectivity index (χ1) is 35.4. The number of likely N-dealkylation sites (tertiary alicyclic amines) is 2.